The minimum absolute atomic E-state index is 0.437. The fourth-order valence-corrected chi connectivity index (χ4v) is 1.47. The van der Waals surface area contributed by atoms with Gasteiger partial charge in [-0.25, -0.2) is 0 Å². The van der Waals surface area contributed by atoms with Gasteiger partial charge in [-0.15, -0.1) is 0 Å². The summed E-state index contributed by atoms with van der Waals surface area (Å²) in [5, 5.41) is 30.3. The Kier molecular flexibility index (Phi) is 3.16. The van der Waals surface area contributed by atoms with Gasteiger partial charge in [-0.1, -0.05) is 0 Å². The molecule has 8 nitrogen and oxygen atoms in total. The van der Waals surface area contributed by atoms with Crippen LogP contribution in [0.2, 0.25) is 0 Å². The molecule has 1 unspecified atom stereocenters. The zero-order chi connectivity index (χ0) is 12.5. The van der Waals surface area contributed by atoms with Gasteiger partial charge in [0.05, 0.1) is 0 Å². The van der Waals surface area contributed by atoms with Crippen LogP contribution in [0.5, 0.6) is 0 Å². The Morgan fingerprint density at radius 2 is 1.94 bits per heavy atom. The van der Waals surface area contributed by atoms with E-state index in [1.807, 2.05) is 0 Å². The number of nitro groups is 2. The van der Waals surface area contributed by atoms with Gasteiger partial charge >= 0.3 is 97.7 Å². The summed E-state index contributed by atoms with van der Waals surface area (Å²) in [7, 11) is 0. The summed E-state index contributed by atoms with van der Waals surface area (Å²) in [6.07, 6.45) is 2.89. The molecule has 16 heavy (non-hydrogen) atoms. The van der Waals surface area contributed by atoms with Gasteiger partial charge in [0.15, 0.2) is 0 Å². The van der Waals surface area contributed by atoms with Crippen LogP contribution in [0.3, 0.4) is 0 Å². The number of carboxylic acid groups (broad SMARTS) is 1. The minimum atomic E-state index is -2.81. The summed E-state index contributed by atoms with van der Waals surface area (Å²) in [5.74, 6) is -3.40. The molecule has 0 fully saturated rings. The van der Waals surface area contributed by atoms with Gasteiger partial charge in [-0.3, -0.25) is 0 Å². The van der Waals surface area contributed by atoms with E-state index in [-0.39, 0.29) is 0 Å². The first-order valence-electron chi connectivity index (χ1n) is 4.22. The Hall–Kier alpha value is -1.65. The normalized spacial score (nSPS) is 22.4. The Balaban J connectivity index is 3.39. The zero-order valence-electron chi connectivity index (χ0n) is 8.19. The van der Waals surface area contributed by atoms with Gasteiger partial charge in [0, 0.05) is 0 Å². The first-order chi connectivity index (χ1) is 7.32. The number of carbonyl (C=O) groups is 1. The molecule has 0 bridgehead atoms. The monoisotopic (exact) mass is 220 g/mol. The van der Waals surface area contributed by atoms with Gasteiger partial charge in [0.1, 0.15) is 0 Å². The SMILES string of the molecule is [Li][C]1=CC(C(=O)O)C([N+](=O)[O-])([N+](=O)[O-])C=C1. The van der Waals surface area contributed by atoms with Crippen molar-refractivity contribution >= 4 is 23.7 Å². The quantitative estimate of drug-likeness (QED) is 0.297. The summed E-state index contributed by atoms with van der Waals surface area (Å²) in [6, 6.07) is 0. The molecule has 0 radical (unpaired) electrons. The van der Waals surface area contributed by atoms with E-state index in [4.69, 9.17) is 5.11 Å². The van der Waals surface area contributed by atoms with E-state index in [1.54, 1.807) is 0 Å². The van der Waals surface area contributed by atoms with Gasteiger partial charge in [-0.2, -0.15) is 0 Å². The Labute approximate surface area is 98.1 Å². The van der Waals surface area contributed by atoms with Crippen LogP contribution >= 0.6 is 0 Å². The van der Waals surface area contributed by atoms with E-state index in [1.165, 1.54) is 23.8 Å². The van der Waals surface area contributed by atoms with Crippen LogP contribution in [0, 0.1) is 26.1 Å². The van der Waals surface area contributed by atoms with E-state index in [2.05, 4.69) is 0 Å². The molecule has 0 aromatic carbocycles. The van der Waals surface area contributed by atoms with Crippen LogP contribution in [0.1, 0.15) is 0 Å². The number of allylic oxidation sites excluding steroid dienone is 2. The van der Waals surface area contributed by atoms with E-state index in [9.17, 15) is 25.0 Å². The van der Waals surface area contributed by atoms with Crippen molar-refractivity contribution in [3.63, 3.8) is 0 Å². The molecule has 1 aliphatic rings. The molecule has 0 spiro atoms. The molecule has 0 aromatic rings. The van der Waals surface area contributed by atoms with Crippen molar-refractivity contribution in [1.29, 1.82) is 0 Å². The van der Waals surface area contributed by atoms with Gasteiger partial charge < -0.3 is 0 Å². The summed E-state index contributed by atoms with van der Waals surface area (Å²) >= 11 is 1.51. The molecule has 0 saturated heterocycles. The predicted octanol–water partition coefficient (Wildman–Crippen LogP) is -0.441. The van der Waals surface area contributed by atoms with E-state index >= 15 is 0 Å². The van der Waals surface area contributed by atoms with Gasteiger partial charge in [-0.05, 0) is 0 Å². The number of hydrogen-bond acceptors (Lipinski definition) is 5. The molecule has 1 rings (SSSR count). The predicted molar refractivity (Wildman–Crippen MR) is 50.8 cm³/mol. The second kappa shape index (κ2) is 4.07. The summed E-state index contributed by atoms with van der Waals surface area (Å²) < 4.78 is 0.437. The van der Waals surface area contributed by atoms with Gasteiger partial charge in [0.25, 0.3) is 0 Å². The van der Waals surface area contributed by atoms with Crippen LogP contribution in [0.15, 0.2) is 22.5 Å². The average Bonchev–Trinajstić information content (AvgIpc) is 2.16. The van der Waals surface area contributed by atoms with Crippen molar-refractivity contribution in [3.05, 3.63) is 42.7 Å². The maximum absolute atomic E-state index is 10.8. The van der Waals surface area contributed by atoms with Crippen LogP contribution < -0.4 is 0 Å². The number of aliphatic carboxylic acids is 1. The number of hydrogen-bond donors (Lipinski definition) is 1. The van der Waals surface area contributed by atoms with Crippen molar-refractivity contribution in [3.8, 4) is 0 Å². The fraction of sp³-hybridized carbons (Fsp3) is 0.286. The number of nitrogens with zero attached hydrogens (tertiary/aromatic N) is 2. The zero-order valence-corrected chi connectivity index (χ0v) is 8.19. The van der Waals surface area contributed by atoms with Crippen LogP contribution in [0.4, 0.5) is 0 Å². The van der Waals surface area contributed by atoms with Crippen molar-refractivity contribution < 1.29 is 19.7 Å². The molecule has 1 aliphatic carbocycles. The standard InChI is InChI=1S/C7H5N2O6.Li/c10-6(11)5-3-1-2-4-7(5,8(12)13)9(14)15;/h2-5H,(H,10,11);. The molecule has 9 heteroatoms. The Morgan fingerprint density at radius 3 is 2.31 bits per heavy atom. The molecule has 1 N–H and O–H groups in total. The van der Waals surface area contributed by atoms with Crippen molar-refractivity contribution in [2.45, 2.75) is 5.66 Å². The summed E-state index contributed by atoms with van der Waals surface area (Å²) in [5.41, 5.74) is -2.81. The number of rotatable bonds is 3. The third kappa shape index (κ3) is 1.73. The van der Waals surface area contributed by atoms with E-state index in [0.717, 1.165) is 6.08 Å². The van der Waals surface area contributed by atoms with Crippen molar-refractivity contribution in [1.82, 2.24) is 0 Å². The second-order valence-electron chi connectivity index (χ2n) is 3.36. The van der Waals surface area contributed by atoms with Crippen molar-refractivity contribution in [2.75, 3.05) is 0 Å². The average molecular weight is 220 g/mol. The molecule has 0 amide bonds. The third-order valence-corrected chi connectivity index (χ3v) is 2.33. The molecular weight excluding hydrogens is 215 g/mol. The molecular formula is C7H5LiN2O6. The van der Waals surface area contributed by atoms with Crippen LogP contribution in [0.25, 0.3) is 0 Å². The Bertz CT molecular complexity index is 415. The summed E-state index contributed by atoms with van der Waals surface area (Å²) in [6.45, 7) is 0. The van der Waals surface area contributed by atoms with Crippen LogP contribution in [-0.4, -0.2) is 44.3 Å². The molecule has 80 valence electrons. The fourth-order valence-electron chi connectivity index (χ4n) is 1.47. The maximum atomic E-state index is 10.8. The Morgan fingerprint density at radius 1 is 1.44 bits per heavy atom. The topological polar surface area (TPSA) is 124 Å². The second-order valence-corrected chi connectivity index (χ2v) is 3.36. The molecule has 0 aromatic heterocycles. The molecule has 0 saturated carbocycles. The van der Waals surface area contributed by atoms with E-state index in [0.29, 0.717) is 10.3 Å². The van der Waals surface area contributed by atoms with Crippen LogP contribution in [-0.2, 0) is 4.79 Å². The molecule has 0 aliphatic heterocycles. The van der Waals surface area contributed by atoms with E-state index < -0.39 is 27.4 Å². The first-order valence-corrected chi connectivity index (χ1v) is 4.22. The summed E-state index contributed by atoms with van der Waals surface area (Å²) in [4.78, 5) is 30.0. The number of carboxylic acids is 1. The first kappa shape index (κ1) is 12.4. The molecule has 1 atom stereocenters. The third-order valence-electron chi connectivity index (χ3n) is 2.33. The van der Waals surface area contributed by atoms with Gasteiger partial charge in [0.2, 0.25) is 0 Å². The van der Waals surface area contributed by atoms with Crippen molar-refractivity contribution in [2.24, 2.45) is 5.92 Å². The molecule has 0 heterocycles.